The second-order valence-electron chi connectivity index (χ2n) is 4.80. The molecule has 6 nitrogen and oxygen atoms in total. The molecule has 7 heteroatoms. The normalized spacial score (nSPS) is 10.9. The van der Waals surface area contributed by atoms with E-state index in [1.165, 1.54) is 12.3 Å². The first-order chi connectivity index (χ1) is 8.69. The van der Waals surface area contributed by atoms with Gasteiger partial charge in [0.05, 0.1) is 17.4 Å². The molecule has 0 unspecified atom stereocenters. The molecule has 0 bridgehead atoms. The van der Waals surface area contributed by atoms with E-state index >= 15 is 0 Å². The van der Waals surface area contributed by atoms with Gasteiger partial charge in [-0.1, -0.05) is 11.6 Å². The fraction of sp³-hybridized carbons (Fsp3) is 0.417. The zero-order chi connectivity index (χ0) is 14.6. The molecule has 0 fully saturated rings. The molecule has 1 aromatic rings. The molecule has 0 aliphatic rings. The van der Waals surface area contributed by atoms with Crippen LogP contribution in [0.5, 0.6) is 0 Å². The molecule has 1 rings (SSSR count). The van der Waals surface area contributed by atoms with E-state index in [-0.39, 0.29) is 22.9 Å². The molecule has 0 aliphatic heterocycles. The summed E-state index contributed by atoms with van der Waals surface area (Å²) in [6.07, 6.45) is 1.26. The summed E-state index contributed by atoms with van der Waals surface area (Å²) in [6.45, 7) is 5.09. The van der Waals surface area contributed by atoms with Crippen molar-refractivity contribution >= 4 is 29.2 Å². The average Bonchev–Trinajstić information content (AvgIpc) is 2.24. The van der Waals surface area contributed by atoms with Crippen LogP contribution in [0.4, 0.5) is 5.69 Å². The molecule has 0 saturated heterocycles. The molecule has 1 heterocycles. The summed E-state index contributed by atoms with van der Waals surface area (Å²) in [5, 5.41) is 11.7. The van der Waals surface area contributed by atoms with Gasteiger partial charge >= 0.3 is 11.9 Å². The van der Waals surface area contributed by atoms with Gasteiger partial charge in [0.2, 0.25) is 0 Å². The second-order valence-corrected chi connectivity index (χ2v) is 5.19. The number of carbonyl (C=O) groups excluding carboxylic acids is 1. The van der Waals surface area contributed by atoms with Crippen LogP contribution in [0.2, 0.25) is 5.15 Å². The molecular weight excluding hydrogens is 272 g/mol. The number of ether oxygens (including phenoxy) is 1. The van der Waals surface area contributed by atoms with Gasteiger partial charge in [0.15, 0.2) is 0 Å². The van der Waals surface area contributed by atoms with Gasteiger partial charge in [-0.25, -0.2) is 9.78 Å². The minimum Gasteiger partial charge on any atom is -0.478 e. The molecule has 0 radical (unpaired) electrons. The number of rotatable bonds is 4. The Morgan fingerprint density at radius 3 is 2.63 bits per heavy atom. The highest BCUT2D eigenvalue weighted by Gasteiger charge is 2.17. The number of carbonyl (C=O) groups is 2. The molecule has 0 atom stereocenters. The number of carboxylic acid groups (broad SMARTS) is 1. The maximum atomic E-state index is 11.5. The SMILES string of the molecule is CC(C)(C)OC(=O)CNc1cnc(Cl)cc1C(=O)O. The summed E-state index contributed by atoms with van der Waals surface area (Å²) >= 11 is 5.62. The Bertz CT molecular complexity index is 497. The second kappa shape index (κ2) is 5.88. The Morgan fingerprint density at radius 1 is 1.47 bits per heavy atom. The van der Waals surface area contributed by atoms with Gasteiger partial charge in [-0.3, -0.25) is 4.79 Å². The van der Waals surface area contributed by atoms with E-state index in [0.717, 1.165) is 0 Å². The number of halogens is 1. The third-order valence-corrected chi connectivity index (χ3v) is 2.15. The zero-order valence-corrected chi connectivity index (χ0v) is 11.6. The maximum Gasteiger partial charge on any atom is 0.337 e. The van der Waals surface area contributed by atoms with Crippen molar-refractivity contribution in [2.45, 2.75) is 26.4 Å². The standard InChI is InChI=1S/C12H15ClN2O4/c1-12(2,3)19-10(16)6-14-8-5-15-9(13)4-7(8)11(17)18/h4-5,14H,6H2,1-3H3,(H,17,18). The predicted molar refractivity (Wildman–Crippen MR) is 70.5 cm³/mol. The first-order valence-electron chi connectivity index (χ1n) is 5.53. The molecule has 0 amide bonds. The fourth-order valence-electron chi connectivity index (χ4n) is 1.29. The summed E-state index contributed by atoms with van der Waals surface area (Å²) in [6, 6.07) is 1.21. The number of esters is 1. The lowest BCUT2D eigenvalue weighted by molar-refractivity contribution is -0.152. The number of hydrogen-bond acceptors (Lipinski definition) is 5. The van der Waals surface area contributed by atoms with Gasteiger partial charge < -0.3 is 15.2 Å². The van der Waals surface area contributed by atoms with Crippen LogP contribution < -0.4 is 5.32 Å². The Labute approximate surface area is 115 Å². The van der Waals surface area contributed by atoms with Gasteiger partial charge in [-0.05, 0) is 26.8 Å². The predicted octanol–water partition coefficient (Wildman–Crippen LogP) is 2.19. The van der Waals surface area contributed by atoms with Crippen LogP contribution in [0.25, 0.3) is 0 Å². The Morgan fingerprint density at radius 2 is 2.11 bits per heavy atom. The highest BCUT2D eigenvalue weighted by atomic mass is 35.5. The molecule has 1 aromatic heterocycles. The van der Waals surface area contributed by atoms with Gasteiger partial charge in [-0.2, -0.15) is 0 Å². The summed E-state index contributed by atoms with van der Waals surface area (Å²) < 4.78 is 5.09. The number of aromatic carboxylic acids is 1. The topological polar surface area (TPSA) is 88.5 Å². The van der Waals surface area contributed by atoms with Gasteiger partial charge in [-0.15, -0.1) is 0 Å². The summed E-state index contributed by atoms with van der Waals surface area (Å²) in [5.74, 6) is -1.64. The van der Waals surface area contributed by atoms with Crippen LogP contribution in [-0.4, -0.2) is 34.2 Å². The quantitative estimate of drug-likeness (QED) is 0.651. The zero-order valence-electron chi connectivity index (χ0n) is 10.9. The molecular formula is C12H15ClN2O4. The maximum absolute atomic E-state index is 11.5. The van der Waals surface area contributed by atoms with Crippen molar-refractivity contribution in [3.8, 4) is 0 Å². The number of nitrogens with zero attached hydrogens (tertiary/aromatic N) is 1. The van der Waals surface area contributed by atoms with Crippen molar-refractivity contribution < 1.29 is 19.4 Å². The van der Waals surface area contributed by atoms with E-state index in [1.807, 2.05) is 0 Å². The largest absolute Gasteiger partial charge is 0.478 e. The molecule has 19 heavy (non-hydrogen) atoms. The van der Waals surface area contributed by atoms with E-state index < -0.39 is 17.5 Å². The highest BCUT2D eigenvalue weighted by Crippen LogP contribution is 2.18. The highest BCUT2D eigenvalue weighted by molar-refractivity contribution is 6.29. The van der Waals surface area contributed by atoms with Crippen molar-refractivity contribution in [1.29, 1.82) is 0 Å². The lowest BCUT2D eigenvalue weighted by atomic mass is 10.2. The van der Waals surface area contributed by atoms with Crippen LogP contribution in [-0.2, 0) is 9.53 Å². The van der Waals surface area contributed by atoms with Crippen molar-refractivity contribution in [2.75, 3.05) is 11.9 Å². The van der Waals surface area contributed by atoms with Crippen molar-refractivity contribution in [3.05, 3.63) is 23.0 Å². The van der Waals surface area contributed by atoms with Gasteiger partial charge in [0.1, 0.15) is 17.3 Å². The molecule has 2 N–H and O–H groups in total. The van der Waals surface area contributed by atoms with E-state index in [0.29, 0.717) is 0 Å². The van der Waals surface area contributed by atoms with Crippen LogP contribution in [0.15, 0.2) is 12.3 Å². The van der Waals surface area contributed by atoms with Crippen LogP contribution in [0, 0.1) is 0 Å². The first kappa shape index (κ1) is 15.2. The molecule has 0 aromatic carbocycles. The van der Waals surface area contributed by atoms with Crippen molar-refractivity contribution in [1.82, 2.24) is 4.98 Å². The molecule has 0 saturated carbocycles. The number of carboxylic acids is 1. The first-order valence-corrected chi connectivity index (χ1v) is 5.91. The Balaban J connectivity index is 2.73. The summed E-state index contributed by atoms with van der Waals surface area (Å²) in [7, 11) is 0. The lowest BCUT2D eigenvalue weighted by Crippen LogP contribution is -2.28. The van der Waals surface area contributed by atoms with Gasteiger partial charge in [0, 0.05) is 0 Å². The van der Waals surface area contributed by atoms with Gasteiger partial charge in [0.25, 0.3) is 0 Å². The minimum absolute atomic E-state index is 0.0523. The molecule has 0 aliphatic carbocycles. The lowest BCUT2D eigenvalue weighted by Gasteiger charge is -2.19. The smallest absolute Gasteiger partial charge is 0.337 e. The van der Waals surface area contributed by atoms with Crippen LogP contribution in [0.3, 0.4) is 0 Å². The van der Waals surface area contributed by atoms with E-state index in [1.54, 1.807) is 20.8 Å². The van der Waals surface area contributed by atoms with Crippen LogP contribution >= 0.6 is 11.6 Å². The number of nitrogens with one attached hydrogen (secondary N) is 1. The third-order valence-electron chi connectivity index (χ3n) is 1.94. The molecule has 0 spiro atoms. The van der Waals surface area contributed by atoms with Crippen molar-refractivity contribution in [2.24, 2.45) is 0 Å². The van der Waals surface area contributed by atoms with Crippen molar-refractivity contribution in [3.63, 3.8) is 0 Å². The number of hydrogen-bond donors (Lipinski definition) is 2. The fourth-order valence-corrected chi connectivity index (χ4v) is 1.45. The number of anilines is 1. The summed E-state index contributed by atoms with van der Waals surface area (Å²) in [4.78, 5) is 26.3. The van der Waals surface area contributed by atoms with E-state index in [2.05, 4.69) is 10.3 Å². The number of pyridine rings is 1. The third kappa shape index (κ3) is 5.13. The Hall–Kier alpha value is -1.82. The summed E-state index contributed by atoms with van der Waals surface area (Å²) in [5.41, 5.74) is -0.432. The average molecular weight is 287 g/mol. The molecule has 104 valence electrons. The minimum atomic E-state index is -1.16. The number of aromatic nitrogens is 1. The Kier molecular flexibility index (Phi) is 4.72. The van der Waals surface area contributed by atoms with E-state index in [4.69, 9.17) is 21.4 Å². The van der Waals surface area contributed by atoms with E-state index in [9.17, 15) is 9.59 Å². The van der Waals surface area contributed by atoms with Crippen LogP contribution in [0.1, 0.15) is 31.1 Å². The monoisotopic (exact) mass is 286 g/mol.